The van der Waals surface area contributed by atoms with Gasteiger partial charge in [0.25, 0.3) is 5.91 Å². The number of methoxy groups -OCH3 is 3. The Morgan fingerprint density at radius 1 is 1.05 bits per heavy atom. The van der Waals surface area contributed by atoms with Crippen LogP contribution in [0.5, 0.6) is 17.2 Å². The maximum absolute atomic E-state index is 12.1. The first-order valence-electron chi connectivity index (χ1n) is 6.39. The molecule has 1 aromatic carbocycles. The molecule has 1 amide bonds. The first-order valence-corrected chi connectivity index (χ1v) is 6.39. The fourth-order valence-electron chi connectivity index (χ4n) is 1.91. The predicted octanol–water partition coefficient (Wildman–Crippen LogP) is 1.65. The normalized spacial score (nSPS) is 9.95. The van der Waals surface area contributed by atoms with Gasteiger partial charge in [0.05, 0.1) is 26.9 Å². The lowest BCUT2D eigenvalue weighted by molar-refractivity contribution is 0.102. The molecule has 1 aromatic heterocycles. The van der Waals surface area contributed by atoms with E-state index in [2.05, 4.69) is 10.3 Å². The molecule has 0 aliphatic heterocycles. The van der Waals surface area contributed by atoms with Gasteiger partial charge in [-0.15, -0.1) is 0 Å². The molecule has 2 rings (SSSR count). The Hall–Kier alpha value is -2.96. The summed E-state index contributed by atoms with van der Waals surface area (Å²) in [6.45, 7) is 0. The predicted molar refractivity (Wildman–Crippen MR) is 81.1 cm³/mol. The number of aromatic nitrogens is 1. The highest BCUT2D eigenvalue weighted by Gasteiger charge is 2.15. The van der Waals surface area contributed by atoms with Gasteiger partial charge in [-0.2, -0.15) is 0 Å². The van der Waals surface area contributed by atoms with Gasteiger partial charge in [0.15, 0.2) is 11.5 Å². The van der Waals surface area contributed by atoms with E-state index in [0.717, 1.165) is 0 Å². The molecule has 0 saturated carbocycles. The van der Waals surface area contributed by atoms with Crippen LogP contribution < -0.4 is 25.1 Å². The van der Waals surface area contributed by atoms with Crippen molar-refractivity contribution in [1.29, 1.82) is 0 Å². The first-order chi connectivity index (χ1) is 10.6. The van der Waals surface area contributed by atoms with E-state index in [9.17, 15) is 9.59 Å². The van der Waals surface area contributed by atoms with Crippen molar-refractivity contribution in [3.05, 3.63) is 46.4 Å². The second-order valence-electron chi connectivity index (χ2n) is 4.31. The van der Waals surface area contributed by atoms with Crippen LogP contribution in [0.2, 0.25) is 0 Å². The van der Waals surface area contributed by atoms with Crippen molar-refractivity contribution in [2.24, 2.45) is 0 Å². The molecular formula is C15H16N2O5. The molecule has 1 heterocycles. The number of pyridine rings is 1. The summed E-state index contributed by atoms with van der Waals surface area (Å²) < 4.78 is 15.7. The molecule has 2 aromatic rings. The lowest BCUT2D eigenvalue weighted by atomic mass is 10.2. The Kier molecular flexibility index (Phi) is 4.67. The van der Waals surface area contributed by atoms with Gasteiger partial charge in [-0.25, -0.2) is 0 Å². The lowest BCUT2D eigenvalue weighted by Gasteiger charge is -2.14. The zero-order valence-electron chi connectivity index (χ0n) is 12.4. The monoisotopic (exact) mass is 304 g/mol. The molecule has 22 heavy (non-hydrogen) atoms. The summed E-state index contributed by atoms with van der Waals surface area (Å²) in [5.74, 6) is 0.926. The highest BCUT2D eigenvalue weighted by molar-refractivity contribution is 6.04. The van der Waals surface area contributed by atoms with Crippen molar-refractivity contribution in [3.8, 4) is 17.2 Å². The van der Waals surface area contributed by atoms with Crippen molar-refractivity contribution < 1.29 is 19.0 Å². The van der Waals surface area contributed by atoms with Gasteiger partial charge >= 0.3 is 0 Å². The third-order valence-electron chi connectivity index (χ3n) is 2.97. The van der Waals surface area contributed by atoms with Crippen LogP contribution in [0.4, 0.5) is 5.69 Å². The van der Waals surface area contributed by atoms with Crippen LogP contribution in [0.1, 0.15) is 10.4 Å². The minimum absolute atomic E-state index is 0.274. The molecule has 0 radical (unpaired) electrons. The third kappa shape index (κ3) is 3.20. The largest absolute Gasteiger partial charge is 0.493 e. The van der Waals surface area contributed by atoms with E-state index in [0.29, 0.717) is 28.5 Å². The first kappa shape index (κ1) is 15.4. The Morgan fingerprint density at radius 3 is 2.14 bits per heavy atom. The molecule has 7 heteroatoms. The van der Waals surface area contributed by atoms with Gasteiger partial charge in [-0.3, -0.25) is 9.59 Å². The zero-order chi connectivity index (χ0) is 16.1. The minimum atomic E-state index is -0.370. The molecule has 0 aliphatic rings. The topological polar surface area (TPSA) is 89.7 Å². The van der Waals surface area contributed by atoms with E-state index in [-0.39, 0.29) is 11.5 Å². The molecule has 0 unspecified atom stereocenters. The third-order valence-corrected chi connectivity index (χ3v) is 2.97. The number of anilines is 1. The van der Waals surface area contributed by atoms with Crippen LogP contribution >= 0.6 is 0 Å². The average Bonchev–Trinajstić information content (AvgIpc) is 2.54. The van der Waals surface area contributed by atoms with Crippen LogP contribution in [0, 0.1) is 0 Å². The van der Waals surface area contributed by atoms with E-state index < -0.39 is 0 Å². The number of hydrogen-bond acceptors (Lipinski definition) is 5. The summed E-state index contributed by atoms with van der Waals surface area (Å²) in [4.78, 5) is 25.6. The van der Waals surface area contributed by atoms with Crippen molar-refractivity contribution >= 4 is 11.6 Å². The minimum Gasteiger partial charge on any atom is -0.493 e. The number of rotatable bonds is 5. The van der Waals surface area contributed by atoms with Gasteiger partial charge in [0.2, 0.25) is 11.3 Å². The number of nitrogens with one attached hydrogen (secondary N) is 2. The van der Waals surface area contributed by atoms with Crippen LogP contribution in [-0.4, -0.2) is 32.2 Å². The Balaban J connectivity index is 2.31. The number of hydrogen-bond donors (Lipinski definition) is 2. The maximum atomic E-state index is 12.1. The number of H-pyrrole nitrogens is 1. The Bertz CT molecular complexity index is 693. The number of carbonyl (C=O) groups is 1. The van der Waals surface area contributed by atoms with Crippen molar-refractivity contribution in [2.75, 3.05) is 26.6 Å². The van der Waals surface area contributed by atoms with Crippen LogP contribution in [0.15, 0.2) is 35.3 Å². The van der Waals surface area contributed by atoms with Crippen LogP contribution in [0.25, 0.3) is 0 Å². The standard InChI is InChI=1S/C15H16N2O5/c1-20-11-6-10(7-12(21-2)14(11)22-3)17-15(19)9-4-5-13(18)16-8-9/h4-8H,1-3H3,(H,16,18)(H,17,19). The number of carbonyl (C=O) groups excluding carboxylic acids is 1. The van der Waals surface area contributed by atoms with Gasteiger partial charge in [0.1, 0.15) is 0 Å². The highest BCUT2D eigenvalue weighted by Crippen LogP contribution is 2.39. The van der Waals surface area contributed by atoms with Crippen molar-refractivity contribution in [1.82, 2.24) is 4.98 Å². The van der Waals surface area contributed by atoms with Gasteiger partial charge in [-0.05, 0) is 6.07 Å². The molecule has 0 saturated heterocycles. The lowest BCUT2D eigenvalue weighted by Crippen LogP contribution is -2.14. The Morgan fingerprint density at radius 2 is 1.68 bits per heavy atom. The van der Waals surface area contributed by atoms with Gasteiger partial charge in [0, 0.05) is 30.1 Å². The summed E-state index contributed by atoms with van der Waals surface area (Å²) in [6.07, 6.45) is 1.34. The summed E-state index contributed by atoms with van der Waals surface area (Å²) in [7, 11) is 4.48. The van der Waals surface area contributed by atoms with Gasteiger partial charge < -0.3 is 24.5 Å². The fraction of sp³-hybridized carbons (Fsp3) is 0.200. The SMILES string of the molecule is COc1cc(NC(=O)c2ccc(=O)[nH]c2)cc(OC)c1OC. The summed E-state index contributed by atoms with van der Waals surface area (Å²) in [6, 6.07) is 5.95. The number of aromatic amines is 1. The van der Waals surface area contributed by atoms with E-state index in [4.69, 9.17) is 14.2 Å². The summed E-state index contributed by atoms with van der Waals surface area (Å²) in [5, 5.41) is 2.70. The van der Waals surface area contributed by atoms with Crippen molar-refractivity contribution in [3.63, 3.8) is 0 Å². The molecule has 2 N–H and O–H groups in total. The van der Waals surface area contributed by atoms with Crippen LogP contribution in [-0.2, 0) is 0 Å². The second kappa shape index (κ2) is 6.66. The molecule has 0 atom stereocenters. The fourth-order valence-corrected chi connectivity index (χ4v) is 1.91. The smallest absolute Gasteiger partial charge is 0.257 e. The van der Waals surface area contributed by atoms with E-state index in [1.54, 1.807) is 12.1 Å². The molecular weight excluding hydrogens is 288 g/mol. The van der Waals surface area contributed by atoms with Crippen molar-refractivity contribution in [2.45, 2.75) is 0 Å². The van der Waals surface area contributed by atoms with Crippen LogP contribution in [0.3, 0.4) is 0 Å². The number of benzene rings is 1. The summed E-state index contributed by atoms with van der Waals surface area (Å²) in [5.41, 5.74) is 0.531. The summed E-state index contributed by atoms with van der Waals surface area (Å²) >= 11 is 0. The molecule has 116 valence electrons. The number of amides is 1. The Labute approximate surface area is 126 Å². The highest BCUT2D eigenvalue weighted by atomic mass is 16.5. The molecule has 0 aliphatic carbocycles. The quantitative estimate of drug-likeness (QED) is 0.876. The maximum Gasteiger partial charge on any atom is 0.257 e. The molecule has 0 bridgehead atoms. The van der Waals surface area contributed by atoms with E-state index in [1.165, 1.54) is 39.7 Å². The number of ether oxygens (including phenoxy) is 3. The molecule has 7 nitrogen and oxygen atoms in total. The molecule has 0 spiro atoms. The second-order valence-corrected chi connectivity index (χ2v) is 4.31. The van der Waals surface area contributed by atoms with E-state index in [1.807, 2.05) is 0 Å². The zero-order valence-corrected chi connectivity index (χ0v) is 12.4. The van der Waals surface area contributed by atoms with Gasteiger partial charge in [-0.1, -0.05) is 0 Å². The molecule has 0 fully saturated rings. The van der Waals surface area contributed by atoms with E-state index >= 15 is 0 Å². The average molecular weight is 304 g/mol.